The van der Waals surface area contributed by atoms with E-state index in [1.165, 1.54) is 19.3 Å². The van der Waals surface area contributed by atoms with E-state index in [-0.39, 0.29) is 11.9 Å². The second-order valence-corrected chi connectivity index (χ2v) is 5.50. The van der Waals surface area contributed by atoms with Crippen molar-refractivity contribution in [2.24, 2.45) is 0 Å². The van der Waals surface area contributed by atoms with Crippen molar-refractivity contribution in [3.63, 3.8) is 0 Å². The average Bonchev–Trinajstić information content (AvgIpc) is 2.40. The maximum Gasteiger partial charge on any atom is 0.164 e. The van der Waals surface area contributed by atoms with Crippen molar-refractivity contribution < 1.29 is 9.84 Å². The fraction of sp³-hybridized carbons (Fsp3) is 0.600. The maximum atomic E-state index is 9.90. The number of phenols is 1. The number of hydrogen-bond donors (Lipinski definition) is 1. The summed E-state index contributed by atoms with van der Waals surface area (Å²) in [6.45, 7) is 1.16. The predicted molar refractivity (Wildman–Crippen MR) is 71.1 cm³/mol. The first-order chi connectivity index (χ1) is 8.75. The number of ether oxygens (including phenoxy) is 1. The molecule has 0 aromatic heterocycles. The van der Waals surface area contributed by atoms with Gasteiger partial charge < -0.3 is 9.84 Å². The Morgan fingerprint density at radius 2 is 2.17 bits per heavy atom. The molecule has 3 rings (SSSR count). The molecule has 0 radical (unpaired) electrons. The summed E-state index contributed by atoms with van der Waals surface area (Å²) in [6.07, 6.45) is 6.11. The topological polar surface area (TPSA) is 32.7 Å². The van der Waals surface area contributed by atoms with Gasteiger partial charge in [0.2, 0.25) is 0 Å². The molecule has 0 saturated carbocycles. The van der Waals surface area contributed by atoms with Crippen molar-refractivity contribution in [2.75, 3.05) is 13.6 Å². The van der Waals surface area contributed by atoms with Gasteiger partial charge in [-0.2, -0.15) is 0 Å². The summed E-state index contributed by atoms with van der Waals surface area (Å²) in [5.74, 6) is 1.00. The second-order valence-electron chi connectivity index (χ2n) is 5.50. The minimum Gasteiger partial charge on any atom is -0.504 e. The summed E-state index contributed by atoms with van der Waals surface area (Å²) in [5, 5.41) is 9.90. The Labute approximate surface area is 108 Å². The number of likely N-dealkylation sites (N-methyl/N-ethyl adjacent to an activating group) is 1. The van der Waals surface area contributed by atoms with Crippen LogP contribution in [-0.2, 0) is 6.42 Å². The summed E-state index contributed by atoms with van der Waals surface area (Å²) in [4.78, 5) is 2.42. The molecule has 1 fully saturated rings. The Hall–Kier alpha value is -1.22. The molecular weight excluding hydrogens is 226 g/mol. The first kappa shape index (κ1) is 11.8. The van der Waals surface area contributed by atoms with Crippen LogP contribution in [-0.4, -0.2) is 35.7 Å². The number of fused-ring (bicyclic) bond motifs is 1. The Bertz CT molecular complexity index is 433. The summed E-state index contributed by atoms with van der Waals surface area (Å²) >= 11 is 0. The SMILES string of the molecule is CN1CCCC[C@@H]1[C@H]1CCc2cccc(O)c2O1. The number of piperidine rings is 1. The van der Waals surface area contributed by atoms with Crippen LogP contribution in [0.4, 0.5) is 0 Å². The zero-order valence-electron chi connectivity index (χ0n) is 10.9. The minimum atomic E-state index is 0.232. The molecule has 98 valence electrons. The van der Waals surface area contributed by atoms with Crippen molar-refractivity contribution in [3.05, 3.63) is 23.8 Å². The fourth-order valence-corrected chi connectivity index (χ4v) is 3.25. The smallest absolute Gasteiger partial charge is 0.164 e. The lowest BCUT2D eigenvalue weighted by Gasteiger charge is -2.40. The van der Waals surface area contributed by atoms with E-state index in [0.717, 1.165) is 24.9 Å². The Balaban J connectivity index is 1.79. The molecule has 2 heterocycles. The van der Waals surface area contributed by atoms with Crippen LogP contribution < -0.4 is 4.74 Å². The van der Waals surface area contributed by atoms with Gasteiger partial charge in [0.05, 0.1) is 0 Å². The average molecular weight is 247 g/mol. The third kappa shape index (κ3) is 2.07. The van der Waals surface area contributed by atoms with Crippen LogP contribution in [0.3, 0.4) is 0 Å². The quantitative estimate of drug-likeness (QED) is 0.828. The van der Waals surface area contributed by atoms with Crippen molar-refractivity contribution in [3.8, 4) is 11.5 Å². The van der Waals surface area contributed by atoms with E-state index in [1.807, 2.05) is 6.07 Å². The Morgan fingerprint density at radius 3 is 3.00 bits per heavy atom. The molecule has 1 N–H and O–H groups in total. The standard InChI is InChI=1S/C15H21NO2/c1-16-10-3-2-6-12(16)14-9-8-11-5-4-7-13(17)15(11)18-14/h4-5,7,12,14,17H,2-3,6,8-10H2,1H3/t12-,14-/m1/s1. The second kappa shape index (κ2) is 4.81. The number of aryl methyl sites for hydroxylation is 1. The van der Waals surface area contributed by atoms with Crippen molar-refractivity contribution >= 4 is 0 Å². The third-order valence-electron chi connectivity index (χ3n) is 4.30. The fourth-order valence-electron chi connectivity index (χ4n) is 3.25. The molecule has 0 aliphatic carbocycles. The highest BCUT2D eigenvalue weighted by Crippen LogP contribution is 2.37. The van der Waals surface area contributed by atoms with E-state index >= 15 is 0 Å². The van der Waals surface area contributed by atoms with Gasteiger partial charge in [-0.05, 0) is 50.9 Å². The zero-order valence-corrected chi connectivity index (χ0v) is 10.9. The van der Waals surface area contributed by atoms with Crippen LogP contribution in [0.2, 0.25) is 0 Å². The van der Waals surface area contributed by atoms with Gasteiger partial charge in [-0.25, -0.2) is 0 Å². The first-order valence-electron chi connectivity index (χ1n) is 6.93. The first-order valence-corrected chi connectivity index (χ1v) is 6.93. The van der Waals surface area contributed by atoms with Crippen LogP contribution in [0.15, 0.2) is 18.2 Å². The summed E-state index contributed by atoms with van der Waals surface area (Å²) in [6, 6.07) is 6.16. The van der Waals surface area contributed by atoms with E-state index in [1.54, 1.807) is 6.07 Å². The Kier molecular flexibility index (Phi) is 3.16. The predicted octanol–water partition coefficient (Wildman–Crippen LogP) is 2.57. The number of likely N-dealkylation sites (tertiary alicyclic amines) is 1. The van der Waals surface area contributed by atoms with Gasteiger partial charge in [-0.15, -0.1) is 0 Å². The lowest BCUT2D eigenvalue weighted by atomic mass is 9.91. The number of benzene rings is 1. The van der Waals surface area contributed by atoms with Crippen molar-refractivity contribution in [1.82, 2.24) is 4.90 Å². The van der Waals surface area contributed by atoms with Crippen LogP contribution >= 0.6 is 0 Å². The largest absolute Gasteiger partial charge is 0.504 e. The van der Waals surface area contributed by atoms with Gasteiger partial charge in [0.25, 0.3) is 0 Å². The van der Waals surface area contributed by atoms with Gasteiger partial charge in [0, 0.05) is 6.04 Å². The van der Waals surface area contributed by atoms with Crippen molar-refractivity contribution in [2.45, 2.75) is 44.2 Å². The molecular formula is C15H21NO2. The van der Waals surface area contributed by atoms with Crippen molar-refractivity contribution in [1.29, 1.82) is 0 Å². The van der Waals surface area contributed by atoms with Gasteiger partial charge in [-0.1, -0.05) is 18.6 Å². The van der Waals surface area contributed by atoms with Crippen LogP contribution in [0, 0.1) is 0 Å². The minimum absolute atomic E-state index is 0.232. The number of nitrogens with zero attached hydrogens (tertiary/aromatic N) is 1. The molecule has 2 aliphatic rings. The van der Waals surface area contributed by atoms with E-state index in [4.69, 9.17) is 4.74 Å². The summed E-state index contributed by atoms with van der Waals surface area (Å²) < 4.78 is 6.08. The molecule has 0 spiro atoms. The molecule has 3 nitrogen and oxygen atoms in total. The molecule has 1 aromatic rings. The molecule has 18 heavy (non-hydrogen) atoms. The molecule has 1 aromatic carbocycles. The highest BCUT2D eigenvalue weighted by Gasteiger charge is 2.32. The molecule has 1 saturated heterocycles. The maximum absolute atomic E-state index is 9.90. The number of rotatable bonds is 1. The number of phenolic OH excluding ortho intramolecular Hbond substituents is 1. The Morgan fingerprint density at radius 1 is 1.28 bits per heavy atom. The van der Waals surface area contributed by atoms with Crippen LogP contribution in [0.1, 0.15) is 31.2 Å². The van der Waals surface area contributed by atoms with Gasteiger partial charge in [0.1, 0.15) is 6.10 Å². The molecule has 0 unspecified atom stereocenters. The third-order valence-corrected chi connectivity index (χ3v) is 4.30. The molecule has 3 heteroatoms. The van der Waals surface area contributed by atoms with E-state index in [2.05, 4.69) is 18.0 Å². The highest BCUT2D eigenvalue weighted by atomic mass is 16.5. The van der Waals surface area contributed by atoms with Crippen LogP contribution in [0.5, 0.6) is 11.5 Å². The van der Waals surface area contributed by atoms with Gasteiger partial charge >= 0.3 is 0 Å². The number of aromatic hydroxyl groups is 1. The van der Waals surface area contributed by atoms with E-state index in [9.17, 15) is 5.11 Å². The molecule has 2 aliphatic heterocycles. The number of para-hydroxylation sites is 1. The lowest BCUT2D eigenvalue weighted by Crippen LogP contribution is -2.48. The monoisotopic (exact) mass is 247 g/mol. The normalized spacial score (nSPS) is 28.5. The highest BCUT2D eigenvalue weighted by molar-refractivity contribution is 5.46. The zero-order chi connectivity index (χ0) is 12.5. The molecule has 2 atom stereocenters. The van der Waals surface area contributed by atoms with E-state index in [0.29, 0.717) is 11.8 Å². The number of hydrogen-bond acceptors (Lipinski definition) is 3. The van der Waals surface area contributed by atoms with Gasteiger partial charge in [0.15, 0.2) is 11.5 Å². The lowest BCUT2D eigenvalue weighted by molar-refractivity contribution is 0.0429. The molecule has 0 amide bonds. The van der Waals surface area contributed by atoms with Crippen LogP contribution in [0.25, 0.3) is 0 Å². The van der Waals surface area contributed by atoms with E-state index < -0.39 is 0 Å². The van der Waals surface area contributed by atoms with Gasteiger partial charge in [-0.3, -0.25) is 4.90 Å². The molecule has 0 bridgehead atoms. The summed E-state index contributed by atoms with van der Waals surface area (Å²) in [7, 11) is 2.19. The summed E-state index contributed by atoms with van der Waals surface area (Å²) in [5.41, 5.74) is 1.14.